The highest BCUT2D eigenvalue weighted by Gasteiger charge is 2.47. The van der Waals surface area contributed by atoms with Gasteiger partial charge in [-0.15, -0.1) is 0 Å². The minimum absolute atomic E-state index is 0.0664. The smallest absolute Gasteiger partial charge is 0.237 e. The van der Waals surface area contributed by atoms with Crippen LogP contribution in [0.5, 0.6) is 0 Å². The molecule has 1 aromatic rings. The number of hydrogen-bond donors (Lipinski definition) is 2. The zero-order valence-corrected chi connectivity index (χ0v) is 13.2. The summed E-state index contributed by atoms with van der Waals surface area (Å²) in [6.45, 7) is 2.06. The van der Waals surface area contributed by atoms with Gasteiger partial charge in [-0.3, -0.25) is 4.79 Å². The minimum atomic E-state index is -0.632. The Morgan fingerprint density at radius 3 is 2.68 bits per heavy atom. The van der Waals surface area contributed by atoms with Gasteiger partial charge in [-0.25, -0.2) is 0 Å². The second kappa shape index (κ2) is 5.59. The van der Waals surface area contributed by atoms with Crippen molar-refractivity contribution in [3.63, 3.8) is 0 Å². The maximum atomic E-state index is 12.4. The summed E-state index contributed by atoms with van der Waals surface area (Å²) in [7, 11) is 0. The molecule has 102 valence electrons. The van der Waals surface area contributed by atoms with E-state index in [0.717, 1.165) is 41.4 Å². The molecular weight excluding hydrogens is 324 g/mol. The van der Waals surface area contributed by atoms with Crippen LogP contribution in [-0.2, 0) is 11.2 Å². The molecule has 2 rings (SSSR count). The summed E-state index contributed by atoms with van der Waals surface area (Å²) in [5.41, 5.74) is 7.06. The van der Waals surface area contributed by atoms with Crippen molar-refractivity contribution in [3.8, 4) is 0 Å². The van der Waals surface area contributed by atoms with E-state index in [9.17, 15) is 4.79 Å². The number of thiocarbonyl (C=S) groups is 1. The molecule has 0 saturated heterocycles. The lowest BCUT2D eigenvalue weighted by atomic mass is 9.68. The number of benzene rings is 1. The lowest BCUT2D eigenvalue weighted by molar-refractivity contribution is -0.125. The first-order chi connectivity index (χ1) is 8.99. The Kier molecular flexibility index (Phi) is 4.26. The summed E-state index contributed by atoms with van der Waals surface area (Å²) < 4.78 is 1.01. The molecule has 1 fully saturated rings. The molecule has 5 heteroatoms. The van der Waals surface area contributed by atoms with E-state index in [0.29, 0.717) is 4.99 Å². The van der Waals surface area contributed by atoms with E-state index in [1.807, 2.05) is 18.2 Å². The van der Waals surface area contributed by atoms with E-state index in [4.69, 9.17) is 18.0 Å². The SMILES string of the molecule is CCc1cc(Br)ccc1NC(=O)C1(C(N)=S)CCC1. The average molecular weight is 341 g/mol. The molecule has 0 spiro atoms. The number of aryl methyl sites for hydroxylation is 1. The van der Waals surface area contributed by atoms with Gasteiger partial charge in [0.2, 0.25) is 5.91 Å². The normalized spacial score (nSPS) is 16.5. The Balaban J connectivity index is 2.22. The molecule has 1 aliphatic carbocycles. The van der Waals surface area contributed by atoms with E-state index in [-0.39, 0.29) is 5.91 Å². The summed E-state index contributed by atoms with van der Waals surface area (Å²) in [4.78, 5) is 12.7. The first kappa shape index (κ1) is 14.5. The quantitative estimate of drug-likeness (QED) is 0.826. The van der Waals surface area contributed by atoms with Crippen molar-refractivity contribution in [2.75, 3.05) is 5.32 Å². The van der Waals surface area contributed by atoms with Gasteiger partial charge < -0.3 is 11.1 Å². The van der Waals surface area contributed by atoms with Crippen LogP contribution in [-0.4, -0.2) is 10.9 Å². The predicted octanol–water partition coefficient (Wildman–Crippen LogP) is 3.41. The highest BCUT2D eigenvalue weighted by atomic mass is 79.9. The maximum Gasteiger partial charge on any atom is 0.237 e. The molecule has 3 N–H and O–H groups in total. The Bertz CT molecular complexity index is 526. The van der Waals surface area contributed by atoms with Gasteiger partial charge in [-0.2, -0.15) is 0 Å². The van der Waals surface area contributed by atoms with E-state index in [1.54, 1.807) is 0 Å². The minimum Gasteiger partial charge on any atom is -0.392 e. The number of amides is 1. The van der Waals surface area contributed by atoms with Gasteiger partial charge >= 0.3 is 0 Å². The molecule has 1 amide bonds. The highest BCUT2D eigenvalue weighted by molar-refractivity contribution is 9.10. The van der Waals surface area contributed by atoms with Crippen LogP contribution in [0.1, 0.15) is 31.7 Å². The third-order valence-corrected chi connectivity index (χ3v) is 4.69. The molecule has 19 heavy (non-hydrogen) atoms. The second-order valence-corrected chi connectivity index (χ2v) is 6.26. The zero-order chi connectivity index (χ0) is 14.0. The number of carbonyl (C=O) groups is 1. The molecule has 0 radical (unpaired) electrons. The van der Waals surface area contributed by atoms with Crippen molar-refractivity contribution in [3.05, 3.63) is 28.2 Å². The highest BCUT2D eigenvalue weighted by Crippen LogP contribution is 2.42. The molecule has 0 heterocycles. The van der Waals surface area contributed by atoms with Gasteiger partial charge in [0.25, 0.3) is 0 Å². The van der Waals surface area contributed by atoms with Crippen LogP contribution in [0.25, 0.3) is 0 Å². The lowest BCUT2D eigenvalue weighted by Gasteiger charge is -2.39. The maximum absolute atomic E-state index is 12.4. The number of nitrogens with one attached hydrogen (secondary N) is 1. The third-order valence-electron chi connectivity index (χ3n) is 3.81. The van der Waals surface area contributed by atoms with Gasteiger partial charge in [0.1, 0.15) is 0 Å². The Morgan fingerprint density at radius 2 is 2.21 bits per heavy atom. The monoisotopic (exact) mass is 340 g/mol. The standard InChI is InChI=1S/C14H17BrN2OS/c1-2-9-8-10(15)4-5-11(9)17-13(18)14(12(16)19)6-3-7-14/h4-5,8H,2-3,6-7H2,1H3,(H2,16,19)(H,17,18). The van der Waals surface area contributed by atoms with Crippen LogP contribution in [0.4, 0.5) is 5.69 Å². The van der Waals surface area contributed by atoms with E-state index < -0.39 is 5.41 Å². The van der Waals surface area contributed by atoms with Gasteiger partial charge in [-0.1, -0.05) is 41.5 Å². The molecule has 0 aromatic heterocycles. The lowest BCUT2D eigenvalue weighted by Crippen LogP contribution is -2.50. The van der Waals surface area contributed by atoms with Gasteiger partial charge in [-0.05, 0) is 43.0 Å². The molecule has 0 atom stereocenters. The molecule has 1 aliphatic rings. The van der Waals surface area contributed by atoms with E-state index in [1.165, 1.54) is 0 Å². The van der Waals surface area contributed by atoms with Crippen molar-refractivity contribution in [2.45, 2.75) is 32.6 Å². The van der Waals surface area contributed by atoms with Crippen molar-refractivity contribution in [2.24, 2.45) is 11.1 Å². The second-order valence-electron chi connectivity index (χ2n) is 4.91. The summed E-state index contributed by atoms with van der Waals surface area (Å²) in [5, 5.41) is 2.99. The van der Waals surface area contributed by atoms with Crippen molar-refractivity contribution in [1.82, 2.24) is 0 Å². The Morgan fingerprint density at radius 1 is 1.53 bits per heavy atom. The fraction of sp³-hybridized carbons (Fsp3) is 0.429. The van der Waals surface area contributed by atoms with Crippen LogP contribution in [0.15, 0.2) is 22.7 Å². The fourth-order valence-corrected chi connectivity index (χ4v) is 3.04. The zero-order valence-electron chi connectivity index (χ0n) is 10.8. The summed E-state index contributed by atoms with van der Waals surface area (Å²) in [6.07, 6.45) is 3.37. The van der Waals surface area contributed by atoms with Crippen LogP contribution >= 0.6 is 28.1 Å². The van der Waals surface area contributed by atoms with Crippen LogP contribution in [0.3, 0.4) is 0 Å². The average Bonchev–Trinajstić information content (AvgIpc) is 2.29. The number of rotatable bonds is 4. The van der Waals surface area contributed by atoms with Gasteiger partial charge in [0.05, 0.1) is 10.4 Å². The number of hydrogen-bond acceptors (Lipinski definition) is 2. The van der Waals surface area contributed by atoms with Crippen molar-refractivity contribution >= 4 is 44.7 Å². The summed E-state index contributed by atoms with van der Waals surface area (Å²) >= 11 is 8.50. The first-order valence-corrected chi connectivity index (χ1v) is 7.59. The van der Waals surface area contributed by atoms with Gasteiger partial charge in [0.15, 0.2) is 0 Å². The molecule has 3 nitrogen and oxygen atoms in total. The summed E-state index contributed by atoms with van der Waals surface area (Å²) in [6, 6.07) is 5.85. The molecular formula is C14H17BrN2OS. The number of anilines is 1. The van der Waals surface area contributed by atoms with Crippen LogP contribution in [0, 0.1) is 5.41 Å². The van der Waals surface area contributed by atoms with Crippen LogP contribution < -0.4 is 11.1 Å². The molecule has 1 aromatic carbocycles. The number of carbonyl (C=O) groups excluding carboxylic acids is 1. The fourth-order valence-electron chi connectivity index (χ4n) is 2.33. The Hall–Kier alpha value is -0.940. The molecule has 0 unspecified atom stereocenters. The van der Waals surface area contributed by atoms with Crippen molar-refractivity contribution < 1.29 is 4.79 Å². The number of halogens is 1. The molecule has 0 bridgehead atoms. The summed E-state index contributed by atoms with van der Waals surface area (Å²) in [5.74, 6) is -0.0664. The van der Waals surface area contributed by atoms with Crippen LogP contribution in [0.2, 0.25) is 0 Å². The van der Waals surface area contributed by atoms with E-state index >= 15 is 0 Å². The van der Waals surface area contributed by atoms with Crippen molar-refractivity contribution in [1.29, 1.82) is 0 Å². The van der Waals surface area contributed by atoms with Gasteiger partial charge in [0, 0.05) is 10.2 Å². The largest absolute Gasteiger partial charge is 0.392 e. The molecule has 0 aliphatic heterocycles. The Labute approximate surface area is 127 Å². The first-order valence-electron chi connectivity index (χ1n) is 6.39. The predicted molar refractivity (Wildman–Crippen MR) is 85.2 cm³/mol. The third kappa shape index (κ3) is 2.67. The topological polar surface area (TPSA) is 55.1 Å². The van der Waals surface area contributed by atoms with E-state index in [2.05, 4.69) is 28.2 Å². The number of nitrogens with two attached hydrogens (primary N) is 1. The molecule has 1 saturated carbocycles.